The molecule has 23 heavy (non-hydrogen) atoms. The predicted octanol–water partition coefficient (Wildman–Crippen LogP) is 2.48. The van der Waals surface area contributed by atoms with Crippen LogP contribution in [0.15, 0.2) is 18.2 Å². The number of carbonyl (C=O) groups excluding carboxylic acids is 1. The van der Waals surface area contributed by atoms with Gasteiger partial charge in [-0.05, 0) is 12.5 Å². The number of carbonyl (C=O) groups is 2. The molecule has 1 amide bonds. The first-order valence-electron chi connectivity index (χ1n) is 7.78. The topological polar surface area (TPSA) is 76.1 Å². The van der Waals surface area contributed by atoms with Gasteiger partial charge >= 0.3 is 5.97 Å². The first kappa shape index (κ1) is 17.1. The highest BCUT2D eigenvalue weighted by molar-refractivity contribution is 5.87. The second-order valence-corrected chi connectivity index (χ2v) is 5.62. The molecule has 0 radical (unpaired) electrons. The summed E-state index contributed by atoms with van der Waals surface area (Å²) in [6.07, 6.45) is 1.79. The summed E-state index contributed by atoms with van der Waals surface area (Å²) in [5.41, 5.74) is 0.682. The Kier molecular flexibility index (Phi) is 5.47. The van der Waals surface area contributed by atoms with E-state index in [4.69, 9.17) is 9.47 Å². The van der Waals surface area contributed by atoms with E-state index in [2.05, 4.69) is 0 Å². The number of aliphatic carboxylic acids is 1. The number of benzene rings is 1. The van der Waals surface area contributed by atoms with Gasteiger partial charge in [0.2, 0.25) is 5.91 Å². The zero-order chi connectivity index (χ0) is 17.0. The molecule has 1 aromatic rings. The van der Waals surface area contributed by atoms with Crippen LogP contribution in [0, 0.1) is 5.92 Å². The van der Waals surface area contributed by atoms with Gasteiger partial charge in [0.05, 0.1) is 26.2 Å². The number of hydrogen-bond acceptors (Lipinski definition) is 4. The van der Waals surface area contributed by atoms with Crippen molar-refractivity contribution in [3.05, 3.63) is 23.8 Å². The molecule has 1 fully saturated rings. The fourth-order valence-corrected chi connectivity index (χ4v) is 3.13. The third kappa shape index (κ3) is 3.25. The highest BCUT2D eigenvalue weighted by atomic mass is 16.5. The fourth-order valence-electron chi connectivity index (χ4n) is 3.13. The van der Waals surface area contributed by atoms with Crippen molar-refractivity contribution in [1.82, 2.24) is 4.90 Å². The number of hydrogen-bond donors (Lipinski definition) is 1. The second kappa shape index (κ2) is 7.35. The third-order valence-electron chi connectivity index (χ3n) is 4.25. The molecule has 1 heterocycles. The molecule has 1 aromatic carbocycles. The highest BCUT2D eigenvalue weighted by Crippen LogP contribution is 2.45. The zero-order valence-electron chi connectivity index (χ0n) is 13.7. The minimum Gasteiger partial charge on any atom is -0.493 e. The van der Waals surface area contributed by atoms with Crippen LogP contribution in [-0.2, 0) is 9.59 Å². The van der Waals surface area contributed by atoms with Crippen molar-refractivity contribution in [2.24, 2.45) is 5.92 Å². The van der Waals surface area contributed by atoms with Crippen molar-refractivity contribution >= 4 is 11.9 Å². The maximum atomic E-state index is 12.3. The van der Waals surface area contributed by atoms with Crippen LogP contribution in [0.5, 0.6) is 11.5 Å². The number of ether oxygens (including phenoxy) is 2. The number of carboxylic acids is 1. The molecule has 0 saturated carbocycles. The Balaban J connectivity index is 2.50. The van der Waals surface area contributed by atoms with Gasteiger partial charge in [-0.2, -0.15) is 0 Å². The number of para-hydroxylation sites is 1. The maximum absolute atomic E-state index is 12.3. The van der Waals surface area contributed by atoms with Gasteiger partial charge in [-0.3, -0.25) is 9.59 Å². The first-order chi connectivity index (χ1) is 11.0. The van der Waals surface area contributed by atoms with E-state index in [0.717, 1.165) is 12.8 Å². The molecule has 126 valence electrons. The number of likely N-dealkylation sites (tertiary alicyclic amines) is 1. The summed E-state index contributed by atoms with van der Waals surface area (Å²) in [6.45, 7) is 2.58. The number of carboxylic acid groups (broad SMARTS) is 1. The lowest BCUT2D eigenvalue weighted by Gasteiger charge is -2.29. The van der Waals surface area contributed by atoms with E-state index in [-0.39, 0.29) is 12.3 Å². The van der Waals surface area contributed by atoms with E-state index in [1.54, 1.807) is 23.1 Å². The fraction of sp³-hybridized carbons (Fsp3) is 0.529. The largest absolute Gasteiger partial charge is 0.493 e. The predicted molar refractivity (Wildman–Crippen MR) is 84.7 cm³/mol. The molecular formula is C17H23NO5. The molecule has 6 nitrogen and oxygen atoms in total. The molecule has 6 heteroatoms. The average Bonchev–Trinajstić information content (AvgIpc) is 2.88. The number of unbranched alkanes of at least 4 members (excludes halogenated alkanes) is 1. The van der Waals surface area contributed by atoms with E-state index in [0.29, 0.717) is 23.6 Å². The van der Waals surface area contributed by atoms with Gasteiger partial charge < -0.3 is 19.5 Å². The Labute approximate surface area is 136 Å². The minimum atomic E-state index is -0.966. The normalized spacial score (nSPS) is 20.7. The van der Waals surface area contributed by atoms with E-state index < -0.39 is 17.9 Å². The Bertz CT molecular complexity index is 586. The highest BCUT2D eigenvalue weighted by Gasteiger charge is 2.45. The molecule has 2 rings (SSSR count). The lowest BCUT2D eigenvalue weighted by molar-refractivity contribution is -0.142. The third-order valence-corrected chi connectivity index (χ3v) is 4.25. The summed E-state index contributed by atoms with van der Waals surface area (Å²) >= 11 is 0. The lowest BCUT2D eigenvalue weighted by atomic mass is 9.92. The standard InChI is InChI=1S/C17H23NO5/c1-4-5-9-18-14(19)10-12(17(20)21)15(18)11-7-6-8-13(22-2)16(11)23-3/h6-8,12,15H,4-5,9-10H2,1-3H3,(H,20,21). The quantitative estimate of drug-likeness (QED) is 0.835. The summed E-state index contributed by atoms with van der Waals surface area (Å²) < 4.78 is 10.7. The van der Waals surface area contributed by atoms with Crippen molar-refractivity contribution in [1.29, 1.82) is 0 Å². The van der Waals surface area contributed by atoms with E-state index in [1.807, 2.05) is 6.92 Å². The molecule has 2 atom stereocenters. The molecule has 0 aromatic heterocycles. The molecule has 0 bridgehead atoms. The van der Waals surface area contributed by atoms with E-state index >= 15 is 0 Å². The molecule has 1 saturated heterocycles. The summed E-state index contributed by atoms with van der Waals surface area (Å²) in [6, 6.07) is 4.82. The second-order valence-electron chi connectivity index (χ2n) is 5.62. The lowest BCUT2D eigenvalue weighted by Crippen LogP contribution is -2.31. The summed E-state index contributed by atoms with van der Waals surface area (Å²) in [7, 11) is 3.05. The van der Waals surface area contributed by atoms with Crippen LogP contribution in [0.1, 0.15) is 37.8 Å². The molecule has 0 aliphatic carbocycles. The van der Waals surface area contributed by atoms with Crippen molar-refractivity contribution in [2.45, 2.75) is 32.2 Å². The SMILES string of the molecule is CCCCN1C(=O)CC(C(=O)O)C1c1cccc(OC)c1OC. The monoisotopic (exact) mass is 321 g/mol. The van der Waals surface area contributed by atoms with Crippen LogP contribution >= 0.6 is 0 Å². The van der Waals surface area contributed by atoms with Crippen LogP contribution in [-0.4, -0.2) is 42.6 Å². The summed E-state index contributed by atoms with van der Waals surface area (Å²) in [4.78, 5) is 25.6. The zero-order valence-corrected chi connectivity index (χ0v) is 13.7. The maximum Gasteiger partial charge on any atom is 0.309 e. The first-order valence-corrected chi connectivity index (χ1v) is 7.78. The van der Waals surface area contributed by atoms with Crippen molar-refractivity contribution in [3.63, 3.8) is 0 Å². The Morgan fingerprint density at radius 2 is 2.09 bits per heavy atom. The van der Waals surface area contributed by atoms with Crippen molar-refractivity contribution < 1.29 is 24.2 Å². The number of rotatable bonds is 7. The van der Waals surface area contributed by atoms with Gasteiger partial charge in [0.1, 0.15) is 0 Å². The molecule has 0 spiro atoms. The molecule has 1 aliphatic rings. The van der Waals surface area contributed by atoms with Crippen LogP contribution < -0.4 is 9.47 Å². The summed E-state index contributed by atoms with van der Waals surface area (Å²) in [5, 5.41) is 9.55. The van der Waals surface area contributed by atoms with E-state index in [9.17, 15) is 14.7 Å². The number of methoxy groups -OCH3 is 2. The number of nitrogens with zero attached hydrogens (tertiary/aromatic N) is 1. The van der Waals surface area contributed by atoms with Crippen molar-refractivity contribution in [3.8, 4) is 11.5 Å². The van der Waals surface area contributed by atoms with E-state index in [1.165, 1.54) is 14.2 Å². The van der Waals surface area contributed by atoms with Gasteiger partial charge in [0.15, 0.2) is 11.5 Å². The van der Waals surface area contributed by atoms with Gasteiger partial charge in [-0.15, -0.1) is 0 Å². The van der Waals surface area contributed by atoms with Crippen LogP contribution in [0.4, 0.5) is 0 Å². The molecule has 2 unspecified atom stereocenters. The van der Waals surface area contributed by atoms with Gasteiger partial charge in [-0.25, -0.2) is 0 Å². The van der Waals surface area contributed by atoms with Crippen LogP contribution in [0.25, 0.3) is 0 Å². The Morgan fingerprint density at radius 3 is 2.65 bits per heavy atom. The minimum absolute atomic E-state index is 0.0179. The number of amides is 1. The van der Waals surface area contributed by atoms with Crippen LogP contribution in [0.2, 0.25) is 0 Å². The summed E-state index contributed by atoms with van der Waals surface area (Å²) in [5.74, 6) is -0.848. The Hall–Kier alpha value is -2.24. The van der Waals surface area contributed by atoms with Gasteiger partial charge in [0, 0.05) is 18.5 Å². The smallest absolute Gasteiger partial charge is 0.309 e. The van der Waals surface area contributed by atoms with Crippen LogP contribution in [0.3, 0.4) is 0 Å². The molecule has 1 aliphatic heterocycles. The van der Waals surface area contributed by atoms with Gasteiger partial charge in [-0.1, -0.05) is 25.5 Å². The average molecular weight is 321 g/mol. The molecule has 1 N–H and O–H groups in total. The molecular weight excluding hydrogens is 298 g/mol. The van der Waals surface area contributed by atoms with Gasteiger partial charge in [0.25, 0.3) is 0 Å². The van der Waals surface area contributed by atoms with Crippen molar-refractivity contribution in [2.75, 3.05) is 20.8 Å². The Morgan fingerprint density at radius 1 is 1.35 bits per heavy atom.